The minimum atomic E-state index is 0.328. The molecule has 1 aliphatic carbocycles. The molecule has 2 atom stereocenters. The van der Waals surface area contributed by atoms with E-state index in [-0.39, 0.29) is 0 Å². The topological polar surface area (TPSA) is 9.23 Å². The van der Waals surface area contributed by atoms with Crippen molar-refractivity contribution in [2.75, 3.05) is 6.61 Å². The van der Waals surface area contributed by atoms with Gasteiger partial charge >= 0.3 is 0 Å². The lowest BCUT2D eigenvalue weighted by Gasteiger charge is -2.37. The monoisotopic (exact) mass is 212 g/mol. The molecule has 1 fully saturated rings. The first-order chi connectivity index (χ1) is 7.79. The summed E-state index contributed by atoms with van der Waals surface area (Å²) < 4.78 is 5.80. The van der Waals surface area contributed by atoms with Crippen LogP contribution >= 0.6 is 0 Å². The molecule has 0 radical (unpaired) electrons. The van der Waals surface area contributed by atoms with Gasteiger partial charge in [0.05, 0.1) is 6.10 Å². The molecule has 16 heavy (non-hydrogen) atoms. The molecule has 0 aromatic heterocycles. The summed E-state index contributed by atoms with van der Waals surface area (Å²) in [6.07, 6.45) is 1.48. The Morgan fingerprint density at radius 2 is 2.06 bits per heavy atom. The summed E-state index contributed by atoms with van der Waals surface area (Å²) in [5.41, 5.74) is 5.30. The van der Waals surface area contributed by atoms with Crippen molar-refractivity contribution in [1.82, 2.24) is 0 Å². The summed E-state index contributed by atoms with van der Waals surface area (Å²) in [6.45, 7) is 7.10. The van der Waals surface area contributed by atoms with Gasteiger partial charge in [-0.25, -0.2) is 0 Å². The van der Waals surface area contributed by atoms with Crippen molar-refractivity contribution in [2.24, 2.45) is 5.92 Å². The Hall–Kier alpha value is -1.34. The fraction of sp³-hybridized carbons (Fsp3) is 0.333. The third kappa shape index (κ3) is 1.28. The van der Waals surface area contributed by atoms with E-state index < -0.39 is 0 Å². The number of hydrogen-bond acceptors (Lipinski definition) is 1. The number of rotatable bonds is 2. The smallest absolute Gasteiger partial charge is 0.0903 e. The van der Waals surface area contributed by atoms with Crippen LogP contribution in [0.4, 0.5) is 0 Å². The van der Waals surface area contributed by atoms with Gasteiger partial charge in [-0.05, 0) is 30.1 Å². The second kappa shape index (κ2) is 3.60. The number of fused-ring (bicyclic) bond motifs is 1. The van der Waals surface area contributed by atoms with Crippen LogP contribution in [0.5, 0.6) is 0 Å². The summed E-state index contributed by atoms with van der Waals surface area (Å²) in [7, 11) is 0. The lowest BCUT2D eigenvalue weighted by molar-refractivity contribution is 0.130. The maximum atomic E-state index is 5.80. The molecule has 0 N–H and O–H groups in total. The molecule has 3 rings (SSSR count). The van der Waals surface area contributed by atoms with E-state index in [1.54, 1.807) is 0 Å². The van der Waals surface area contributed by atoms with E-state index in [4.69, 9.17) is 4.74 Å². The minimum absolute atomic E-state index is 0.328. The van der Waals surface area contributed by atoms with Crippen LogP contribution in [0, 0.1) is 5.92 Å². The maximum absolute atomic E-state index is 5.80. The Kier molecular flexibility index (Phi) is 2.22. The van der Waals surface area contributed by atoms with E-state index in [0.717, 1.165) is 13.0 Å². The van der Waals surface area contributed by atoms with Crippen LogP contribution in [0.1, 0.15) is 18.9 Å². The first kappa shape index (κ1) is 9.86. The first-order valence-corrected chi connectivity index (χ1v) is 5.86. The average Bonchev–Trinajstić information content (AvgIpc) is 2.63. The number of benzene rings is 1. The molecule has 0 spiro atoms. The minimum Gasteiger partial charge on any atom is -0.373 e. The predicted octanol–water partition coefficient (Wildman–Crippen LogP) is 3.44. The van der Waals surface area contributed by atoms with Crippen molar-refractivity contribution in [2.45, 2.75) is 19.4 Å². The zero-order valence-corrected chi connectivity index (χ0v) is 9.57. The van der Waals surface area contributed by atoms with Crippen LogP contribution in [0.25, 0.3) is 5.57 Å². The SMILES string of the molecule is C=C(C)C1=C(c2ccccc2)[C@@H]2OCC[C@H]12. The lowest BCUT2D eigenvalue weighted by Crippen LogP contribution is -2.32. The summed E-state index contributed by atoms with van der Waals surface area (Å²) in [4.78, 5) is 0. The molecule has 0 amide bonds. The molecular weight excluding hydrogens is 196 g/mol. The second-order valence-corrected chi connectivity index (χ2v) is 4.66. The van der Waals surface area contributed by atoms with Crippen molar-refractivity contribution in [3.8, 4) is 0 Å². The van der Waals surface area contributed by atoms with Crippen LogP contribution in [-0.4, -0.2) is 12.7 Å². The van der Waals surface area contributed by atoms with Crippen LogP contribution in [0.15, 0.2) is 48.1 Å². The second-order valence-electron chi connectivity index (χ2n) is 4.66. The van der Waals surface area contributed by atoms with Crippen LogP contribution in [0.3, 0.4) is 0 Å². The molecule has 1 aliphatic heterocycles. The van der Waals surface area contributed by atoms with Crippen LogP contribution in [0.2, 0.25) is 0 Å². The summed E-state index contributed by atoms with van der Waals surface area (Å²) in [5.74, 6) is 0.604. The van der Waals surface area contributed by atoms with Crippen molar-refractivity contribution in [3.63, 3.8) is 0 Å². The van der Waals surface area contributed by atoms with E-state index >= 15 is 0 Å². The van der Waals surface area contributed by atoms with Crippen molar-refractivity contribution >= 4 is 5.57 Å². The van der Waals surface area contributed by atoms with Gasteiger partial charge in [-0.1, -0.05) is 42.5 Å². The standard InChI is InChI=1S/C15H16O/c1-10(2)13-12-8-9-16-15(12)14(13)11-6-4-3-5-7-11/h3-7,12,15H,1,8-9H2,2H3/t12-,15-/m1/s1. The fourth-order valence-electron chi connectivity index (χ4n) is 2.91. The van der Waals surface area contributed by atoms with E-state index in [9.17, 15) is 0 Å². The molecule has 2 aliphatic rings. The van der Waals surface area contributed by atoms with Gasteiger partial charge in [-0.2, -0.15) is 0 Å². The largest absolute Gasteiger partial charge is 0.373 e. The summed E-state index contributed by atoms with van der Waals surface area (Å²) in [5, 5.41) is 0. The molecule has 1 saturated heterocycles. The Bertz CT molecular complexity index is 456. The van der Waals surface area contributed by atoms with Gasteiger partial charge in [0.15, 0.2) is 0 Å². The molecule has 0 unspecified atom stereocenters. The number of hydrogen-bond donors (Lipinski definition) is 0. The van der Waals surface area contributed by atoms with Gasteiger partial charge in [0.25, 0.3) is 0 Å². The highest BCUT2D eigenvalue weighted by Gasteiger charge is 2.44. The Labute approximate surface area is 96.4 Å². The highest BCUT2D eigenvalue weighted by molar-refractivity contribution is 5.82. The van der Waals surface area contributed by atoms with Crippen LogP contribution < -0.4 is 0 Å². The van der Waals surface area contributed by atoms with Crippen molar-refractivity contribution in [1.29, 1.82) is 0 Å². The van der Waals surface area contributed by atoms with E-state index in [1.807, 2.05) is 0 Å². The molecule has 0 bridgehead atoms. The molecule has 1 aromatic rings. The quantitative estimate of drug-likeness (QED) is 0.729. The third-order valence-electron chi connectivity index (χ3n) is 3.58. The van der Waals surface area contributed by atoms with Gasteiger partial charge in [0.2, 0.25) is 0 Å². The Morgan fingerprint density at radius 1 is 1.31 bits per heavy atom. The molecule has 1 heteroatoms. The normalized spacial score (nSPS) is 27.6. The molecule has 82 valence electrons. The van der Waals surface area contributed by atoms with Crippen molar-refractivity contribution < 1.29 is 4.74 Å². The van der Waals surface area contributed by atoms with Crippen LogP contribution in [-0.2, 0) is 4.74 Å². The highest BCUT2D eigenvalue weighted by atomic mass is 16.5. The zero-order chi connectivity index (χ0) is 11.1. The zero-order valence-electron chi connectivity index (χ0n) is 9.57. The van der Waals surface area contributed by atoms with Gasteiger partial charge in [0.1, 0.15) is 0 Å². The van der Waals surface area contributed by atoms with Gasteiger partial charge in [0, 0.05) is 12.5 Å². The maximum Gasteiger partial charge on any atom is 0.0903 e. The van der Waals surface area contributed by atoms with E-state index in [1.165, 1.54) is 22.3 Å². The Morgan fingerprint density at radius 3 is 2.75 bits per heavy atom. The van der Waals surface area contributed by atoms with E-state index in [0.29, 0.717) is 12.0 Å². The van der Waals surface area contributed by atoms with Crippen molar-refractivity contribution in [3.05, 3.63) is 53.6 Å². The third-order valence-corrected chi connectivity index (χ3v) is 3.58. The molecule has 1 nitrogen and oxygen atoms in total. The first-order valence-electron chi connectivity index (χ1n) is 5.86. The molecule has 1 heterocycles. The molecule has 1 aromatic carbocycles. The summed E-state index contributed by atoms with van der Waals surface area (Å²) >= 11 is 0. The Balaban J connectivity index is 2.07. The average molecular weight is 212 g/mol. The summed E-state index contributed by atoms with van der Waals surface area (Å²) in [6, 6.07) is 10.5. The van der Waals surface area contributed by atoms with Gasteiger partial charge < -0.3 is 4.74 Å². The number of ether oxygens (including phenoxy) is 1. The lowest BCUT2D eigenvalue weighted by atomic mass is 9.69. The van der Waals surface area contributed by atoms with Gasteiger partial charge in [-0.15, -0.1) is 0 Å². The van der Waals surface area contributed by atoms with E-state index in [2.05, 4.69) is 43.8 Å². The fourth-order valence-corrected chi connectivity index (χ4v) is 2.91. The molecular formula is C15H16O. The highest BCUT2D eigenvalue weighted by Crippen LogP contribution is 2.50. The van der Waals surface area contributed by atoms with Gasteiger partial charge in [-0.3, -0.25) is 0 Å². The predicted molar refractivity (Wildman–Crippen MR) is 66.0 cm³/mol. The molecule has 0 saturated carbocycles. The number of allylic oxidation sites excluding steroid dienone is 1.